The number of thiazole rings is 1. The van der Waals surface area contributed by atoms with Gasteiger partial charge in [0.05, 0.1) is 39.9 Å². The van der Waals surface area contributed by atoms with Crippen molar-refractivity contribution >= 4 is 33.3 Å². The number of fused-ring (bicyclic) bond motifs is 1. The molecule has 6 rings (SSSR count). The van der Waals surface area contributed by atoms with E-state index in [2.05, 4.69) is 21.7 Å². The maximum Gasteiger partial charge on any atom is 0.225 e. The van der Waals surface area contributed by atoms with Crippen LogP contribution in [0.3, 0.4) is 0 Å². The Morgan fingerprint density at radius 2 is 1.94 bits per heavy atom. The second kappa shape index (κ2) is 8.97. The first-order chi connectivity index (χ1) is 17.0. The average Bonchev–Trinajstić information content (AvgIpc) is 3.51. The summed E-state index contributed by atoms with van der Waals surface area (Å²) in [5.74, 6) is 1.36. The highest BCUT2D eigenvalue weighted by molar-refractivity contribution is 7.21. The summed E-state index contributed by atoms with van der Waals surface area (Å²) in [6.07, 6.45) is 6.33. The molecule has 3 aliphatic rings. The fraction of sp³-hybridized carbons (Fsp3) is 0.560. The monoisotopic (exact) mass is 491 g/mol. The van der Waals surface area contributed by atoms with Crippen molar-refractivity contribution in [2.75, 3.05) is 10.6 Å². The predicted octanol–water partition coefficient (Wildman–Crippen LogP) is 3.73. The molecule has 3 heterocycles. The fourth-order valence-electron chi connectivity index (χ4n) is 5.13. The Morgan fingerprint density at radius 1 is 1.11 bits per heavy atom. The molecule has 3 fully saturated rings. The fourth-order valence-corrected chi connectivity index (χ4v) is 6.20. The van der Waals surface area contributed by atoms with Gasteiger partial charge in [-0.1, -0.05) is 0 Å². The van der Waals surface area contributed by atoms with Gasteiger partial charge in [-0.2, -0.15) is 10.2 Å². The maximum atomic E-state index is 10.7. The van der Waals surface area contributed by atoms with Gasteiger partial charge in [0.2, 0.25) is 5.95 Å². The molecule has 3 saturated carbocycles. The van der Waals surface area contributed by atoms with E-state index in [1.165, 1.54) is 6.42 Å². The molecule has 3 aliphatic carbocycles. The molecule has 4 atom stereocenters. The number of rotatable bonds is 7. The average molecular weight is 492 g/mol. The lowest BCUT2D eigenvalue weighted by Crippen LogP contribution is -2.35. The van der Waals surface area contributed by atoms with E-state index < -0.39 is 18.2 Å². The third kappa shape index (κ3) is 4.22. The Bertz CT molecular complexity index is 1300. The normalized spacial score (nSPS) is 26.5. The van der Waals surface area contributed by atoms with Crippen molar-refractivity contribution in [2.45, 2.75) is 82.1 Å². The second-order valence-corrected chi connectivity index (χ2v) is 11.1. The predicted molar refractivity (Wildman–Crippen MR) is 134 cm³/mol. The Kier molecular flexibility index (Phi) is 5.79. The van der Waals surface area contributed by atoms with Gasteiger partial charge in [-0.3, -0.25) is 4.98 Å². The Labute approximate surface area is 207 Å². The van der Waals surface area contributed by atoms with Gasteiger partial charge in [-0.05, 0) is 51.5 Å². The van der Waals surface area contributed by atoms with E-state index in [1.54, 1.807) is 11.3 Å². The summed E-state index contributed by atoms with van der Waals surface area (Å²) in [5, 5.41) is 38.0. The van der Waals surface area contributed by atoms with Crippen LogP contribution in [0.25, 0.3) is 20.8 Å². The summed E-state index contributed by atoms with van der Waals surface area (Å²) >= 11 is 1.59. The Balaban J connectivity index is 1.40. The molecule has 0 aromatic carbocycles. The Hall–Kier alpha value is -2.87. The minimum absolute atomic E-state index is 0.204. The van der Waals surface area contributed by atoms with Gasteiger partial charge >= 0.3 is 0 Å². The highest BCUT2D eigenvalue weighted by atomic mass is 32.1. The number of nitrogens with zero attached hydrogens (tertiary/aromatic N) is 5. The standard InChI is InChI=1S/C25H29N7O2S/c1-12-18(24-31-20-17(35-24)8-10-27-19(20)13-5-6-13)23(32-25(28-12)29-15-3-2-4-15)30-16-11-14(7-9-26)21(33)22(16)34/h8,10,13-16,21-22,33-34H,2-7,11H2,1H3,(H2,28,29,30,32)/t14-,16+,21+,22-/m0/s1. The minimum Gasteiger partial charge on any atom is -0.390 e. The van der Waals surface area contributed by atoms with E-state index in [0.29, 0.717) is 30.1 Å². The molecule has 10 heteroatoms. The molecular weight excluding hydrogens is 462 g/mol. The van der Waals surface area contributed by atoms with Crippen LogP contribution in [-0.4, -0.2) is 54.4 Å². The SMILES string of the molecule is Cc1nc(NC2CCC2)nc(N[C@@H]2C[C@H](CC#N)[C@@H](O)[C@H]2O)c1-c1nc2c(C3CC3)nccc2s1. The van der Waals surface area contributed by atoms with Crippen molar-refractivity contribution in [1.29, 1.82) is 5.26 Å². The number of aliphatic hydroxyl groups is 2. The molecule has 0 unspecified atom stereocenters. The topological polar surface area (TPSA) is 140 Å². The van der Waals surface area contributed by atoms with E-state index in [4.69, 9.17) is 20.2 Å². The molecule has 0 spiro atoms. The van der Waals surface area contributed by atoms with Gasteiger partial charge in [-0.15, -0.1) is 11.3 Å². The molecular formula is C25H29N7O2S. The van der Waals surface area contributed by atoms with Gasteiger partial charge in [0.25, 0.3) is 0 Å². The number of aliphatic hydroxyl groups excluding tert-OH is 2. The molecule has 9 nitrogen and oxygen atoms in total. The Morgan fingerprint density at radius 3 is 2.66 bits per heavy atom. The first-order valence-electron chi connectivity index (χ1n) is 12.4. The summed E-state index contributed by atoms with van der Waals surface area (Å²) in [6, 6.07) is 4.07. The number of hydrogen-bond donors (Lipinski definition) is 4. The van der Waals surface area contributed by atoms with Crippen LogP contribution in [0.15, 0.2) is 12.3 Å². The smallest absolute Gasteiger partial charge is 0.225 e. The number of nitriles is 1. The van der Waals surface area contributed by atoms with Crippen LogP contribution >= 0.6 is 11.3 Å². The van der Waals surface area contributed by atoms with Gasteiger partial charge in [0.15, 0.2) is 0 Å². The van der Waals surface area contributed by atoms with Crippen molar-refractivity contribution in [2.24, 2.45) is 5.92 Å². The van der Waals surface area contributed by atoms with Crippen molar-refractivity contribution in [3.63, 3.8) is 0 Å². The van der Waals surface area contributed by atoms with Crippen molar-refractivity contribution in [3.05, 3.63) is 23.7 Å². The molecule has 182 valence electrons. The van der Waals surface area contributed by atoms with Crippen LogP contribution in [0.1, 0.15) is 62.3 Å². The van der Waals surface area contributed by atoms with Crippen LogP contribution in [0.4, 0.5) is 11.8 Å². The lowest BCUT2D eigenvalue weighted by molar-refractivity contribution is 0.0183. The van der Waals surface area contributed by atoms with Crippen LogP contribution in [0.2, 0.25) is 0 Å². The first-order valence-corrected chi connectivity index (χ1v) is 13.2. The zero-order valence-electron chi connectivity index (χ0n) is 19.6. The molecule has 35 heavy (non-hydrogen) atoms. The number of nitrogens with one attached hydrogen (secondary N) is 2. The van der Waals surface area contributed by atoms with Gasteiger partial charge in [0.1, 0.15) is 22.4 Å². The van der Waals surface area contributed by atoms with Crippen LogP contribution in [-0.2, 0) is 0 Å². The molecule has 0 bridgehead atoms. The third-order valence-electron chi connectivity index (χ3n) is 7.52. The number of pyridine rings is 1. The van der Waals surface area contributed by atoms with Crippen molar-refractivity contribution in [3.8, 4) is 16.6 Å². The lowest BCUT2D eigenvalue weighted by atomic mass is 9.93. The van der Waals surface area contributed by atoms with E-state index in [9.17, 15) is 10.2 Å². The highest BCUT2D eigenvalue weighted by Gasteiger charge is 2.42. The zero-order chi connectivity index (χ0) is 24.1. The van der Waals surface area contributed by atoms with Crippen LogP contribution < -0.4 is 10.6 Å². The maximum absolute atomic E-state index is 10.7. The molecule has 4 N–H and O–H groups in total. The summed E-state index contributed by atoms with van der Waals surface area (Å²) < 4.78 is 1.09. The number of aromatic nitrogens is 4. The van der Waals surface area contributed by atoms with Crippen molar-refractivity contribution in [1.82, 2.24) is 19.9 Å². The summed E-state index contributed by atoms with van der Waals surface area (Å²) in [6.45, 7) is 1.96. The minimum atomic E-state index is -0.986. The number of aryl methyl sites for hydroxylation is 1. The zero-order valence-corrected chi connectivity index (χ0v) is 20.4. The molecule has 3 aromatic rings. The van der Waals surface area contributed by atoms with Gasteiger partial charge < -0.3 is 20.8 Å². The summed E-state index contributed by atoms with van der Waals surface area (Å²) in [7, 11) is 0. The molecule has 0 amide bonds. The van der Waals surface area contributed by atoms with Crippen molar-refractivity contribution < 1.29 is 10.2 Å². The number of hydrogen-bond acceptors (Lipinski definition) is 10. The van der Waals surface area contributed by atoms with E-state index in [-0.39, 0.29) is 12.3 Å². The van der Waals surface area contributed by atoms with E-state index >= 15 is 0 Å². The van der Waals surface area contributed by atoms with Gasteiger partial charge in [-0.25, -0.2) is 9.97 Å². The van der Waals surface area contributed by atoms with Gasteiger partial charge in [0, 0.05) is 30.5 Å². The molecule has 0 radical (unpaired) electrons. The molecule has 0 aliphatic heterocycles. The molecule has 0 saturated heterocycles. The quantitative estimate of drug-likeness (QED) is 0.389. The van der Waals surface area contributed by atoms with Crippen LogP contribution in [0, 0.1) is 24.2 Å². The first kappa shape index (κ1) is 22.6. The summed E-state index contributed by atoms with van der Waals surface area (Å²) in [5.41, 5.74) is 3.61. The number of anilines is 2. The summed E-state index contributed by atoms with van der Waals surface area (Å²) in [4.78, 5) is 19.2. The third-order valence-corrected chi connectivity index (χ3v) is 8.56. The largest absolute Gasteiger partial charge is 0.390 e. The van der Waals surface area contributed by atoms with E-state index in [0.717, 1.165) is 57.9 Å². The molecule has 3 aromatic heterocycles. The second-order valence-electron chi connectivity index (χ2n) is 10.1. The highest BCUT2D eigenvalue weighted by Crippen LogP contribution is 2.44. The lowest BCUT2D eigenvalue weighted by Gasteiger charge is -2.27. The van der Waals surface area contributed by atoms with E-state index in [1.807, 2.05) is 19.2 Å². The van der Waals surface area contributed by atoms with Crippen LogP contribution in [0.5, 0.6) is 0 Å².